The molecule has 0 atom stereocenters. The Morgan fingerprint density at radius 3 is 2.10 bits per heavy atom. The maximum Gasteiger partial charge on any atom is 0.264 e. The van der Waals surface area contributed by atoms with E-state index in [0.717, 1.165) is 16.7 Å². The van der Waals surface area contributed by atoms with E-state index >= 15 is 0 Å². The lowest BCUT2D eigenvalue weighted by Gasteiger charge is -2.34. The molecule has 0 aliphatic carbocycles. The number of thiophene rings is 1. The molecule has 2 aromatic carbocycles. The Hall–Kier alpha value is -3.45. The monoisotopic (exact) mass is 434 g/mol. The SMILES string of the molecule is O=Cc1ccc(OCc2ccc(C(=O)N3CCN(C(=O)c4cccs4)CC3)cc2)cc1. The second kappa shape index (κ2) is 9.57. The second-order valence-electron chi connectivity index (χ2n) is 7.23. The summed E-state index contributed by atoms with van der Waals surface area (Å²) in [6.45, 7) is 2.50. The second-order valence-corrected chi connectivity index (χ2v) is 8.18. The largest absolute Gasteiger partial charge is 0.489 e. The van der Waals surface area contributed by atoms with Gasteiger partial charge in [0, 0.05) is 37.3 Å². The van der Waals surface area contributed by atoms with Crippen molar-refractivity contribution in [3.8, 4) is 5.75 Å². The molecule has 0 radical (unpaired) electrons. The van der Waals surface area contributed by atoms with E-state index in [4.69, 9.17) is 4.74 Å². The van der Waals surface area contributed by atoms with Crippen molar-refractivity contribution in [2.45, 2.75) is 6.61 Å². The number of ether oxygens (including phenoxy) is 1. The average Bonchev–Trinajstić information content (AvgIpc) is 3.38. The minimum Gasteiger partial charge on any atom is -0.489 e. The van der Waals surface area contributed by atoms with E-state index in [2.05, 4.69) is 0 Å². The highest BCUT2D eigenvalue weighted by Crippen LogP contribution is 2.17. The van der Waals surface area contributed by atoms with Gasteiger partial charge in [-0.25, -0.2) is 0 Å². The normalized spacial score (nSPS) is 13.7. The molecule has 0 bridgehead atoms. The first-order valence-electron chi connectivity index (χ1n) is 10.0. The summed E-state index contributed by atoms with van der Waals surface area (Å²) in [5, 5.41) is 1.89. The number of hydrogen-bond acceptors (Lipinski definition) is 5. The summed E-state index contributed by atoms with van der Waals surface area (Å²) in [5.41, 5.74) is 2.17. The molecule has 1 saturated heterocycles. The zero-order chi connectivity index (χ0) is 21.6. The van der Waals surface area contributed by atoms with Gasteiger partial charge in [0.2, 0.25) is 0 Å². The van der Waals surface area contributed by atoms with Crippen LogP contribution in [0.15, 0.2) is 66.0 Å². The molecule has 0 spiro atoms. The van der Waals surface area contributed by atoms with E-state index in [9.17, 15) is 14.4 Å². The first kappa shape index (κ1) is 20.8. The zero-order valence-electron chi connectivity index (χ0n) is 16.9. The van der Waals surface area contributed by atoms with Gasteiger partial charge in [-0.15, -0.1) is 11.3 Å². The van der Waals surface area contributed by atoms with Crippen molar-refractivity contribution in [1.29, 1.82) is 0 Å². The third-order valence-electron chi connectivity index (χ3n) is 5.21. The highest BCUT2D eigenvalue weighted by molar-refractivity contribution is 7.12. The number of carbonyl (C=O) groups is 3. The van der Waals surface area contributed by atoms with Crippen LogP contribution in [-0.2, 0) is 6.61 Å². The third kappa shape index (κ3) is 5.00. The number of nitrogens with zero attached hydrogens (tertiary/aromatic N) is 2. The molecule has 1 aliphatic heterocycles. The van der Waals surface area contributed by atoms with Crippen LogP contribution in [0.3, 0.4) is 0 Å². The van der Waals surface area contributed by atoms with E-state index in [1.807, 2.05) is 29.6 Å². The third-order valence-corrected chi connectivity index (χ3v) is 6.07. The molecule has 2 heterocycles. The molecule has 4 rings (SSSR count). The smallest absolute Gasteiger partial charge is 0.264 e. The fraction of sp³-hybridized carbons (Fsp3) is 0.208. The first-order valence-corrected chi connectivity index (χ1v) is 10.9. The predicted molar refractivity (Wildman–Crippen MR) is 119 cm³/mol. The molecular formula is C24H22N2O4S. The van der Waals surface area contributed by atoms with E-state index in [0.29, 0.717) is 49.7 Å². The Labute approximate surface area is 184 Å². The van der Waals surface area contributed by atoms with Gasteiger partial charge in [-0.3, -0.25) is 14.4 Å². The summed E-state index contributed by atoms with van der Waals surface area (Å²) < 4.78 is 5.73. The summed E-state index contributed by atoms with van der Waals surface area (Å²) >= 11 is 1.44. The summed E-state index contributed by atoms with van der Waals surface area (Å²) in [7, 11) is 0. The van der Waals surface area contributed by atoms with Gasteiger partial charge in [-0.1, -0.05) is 18.2 Å². The van der Waals surface area contributed by atoms with Gasteiger partial charge >= 0.3 is 0 Å². The standard InChI is InChI=1S/C24H22N2O4S/c27-16-18-5-9-21(10-6-18)30-17-19-3-7-20(8-4-19)23(28)25-11-13-26(14-12-25)24(29)22-2-1-15-31-22/h1-10,15-16H,11-14,17H2. The zero-order valence-corrected chi connectivity index (χ0v) is 17.7. The van der Waals surface area contributed by atoms with Crippen LogP contribution in [0.2, 0.25) is 0 Å². The van der Waals surface area contributed by atoms with Crippen molar-refractivity contribution in [1.82, 2.24) is 9.80 Å². The number of benzene rings is 2. The summed E-state index contributed by atoms with van der Waals surface area (Å²) in [6.07, 6.45) is 0.793. The van der Waals surface area contributed by atoms with Crippen LogP contribution >= 0.6 is 11.3 Å². The molecule has 1 aromatic heterocycles. The maximum atomic E-state index is 12.8. The molecule has 6 nitrogen and oxygen atoms in total. The fourth-order valence-corrected chi connectivity index (χ4v) is 4.09. The van der Waals surface area contributed by atoms with E-state index < -0.39 is 0 Å². The Kier molecular flexibility index (Phi) is 6.43. The van der Waals surface area contributed by atoms with Gasteiger partial charge in [0.15, 0.2) is 0 Å². The number of rotatable bonds is 6. The van der Waals surface area contributed by atoms with Gasteiger partial charge in [0.25, 0.3) is 11.8 Å². The molecule has 1 fully saturated rings. The molecule has 0 N–H and O–H groups in total. The Balaban J connectivity index is 1.29. The van der Waals surface area contributed by atoms with Crippen LogP contribution in [0.1, 0.15) is 36.0 Å². The highest BCUT2D eigenvalue weighted by Gasteiger charge is 2.25. The van der Waals surface area contributed by atoms with Gasteiger partial charge in [0.05, 0.1) is 4.88 Å². The van der Waals surface area contributed by atoms with Crippen LogP contribution in [0.25, 0.3) is 0 Å². The minimum absolute atomic E-state index is 0.0276. The van der Waals surface area contributed by atoms with E-state index in [1.54, 1.807) is 46.2 Å². The lowest BCUT2D eigenvalue weighted by Crippen LogP contribution is -2.50. The minimum atomic E-state index is -0.0276. The van der Waals surface area contributed by atoms with Crippen molar-refractivity contribution >= 4 is 29.4 Å². The number of hydrogen-bond donors (Lipinski definition) is 0. The molecule has 1 aliphatic rings. The molecule has 0 saturated carbocycles. The van der Waals surface area contributed by atoms with Gasteiger partial charge in [0.1, 0.15) is 18.6 Å². The first-order chi connectivity index (χ1) is 15.1. The highest BCUT2D eigenvalue weighted by atomic mass is 32.1. The van der Waals surface area contributed by atoms with Crippen LogP contribution < -0.4 is 4.74 Å². The van der Waals surface area contributed by atoms with Crippen LogP contribution in [0, 0.1) is 0 Å². The molecule has 3 aromatic rings. The summed E-state index contributed by atoms with van der Waals surface area (Å²) in [4.78, 5) is 40.3. The van der Waals surface area contributed by atoms with Crippen molar-refractivity contribution in [3.63, 3.8) is 0 Å². The average molecular weight is 435 g/mol. The molecular weight excluding hydrogens is 412 g/mol. The van der Waals surface area contributed by atoms with E-state index in [1.165, 1.54) is 11.3 Å². The van der Waals surface area contributed by atoms with Gasteiger partial charge in [-0.2, -0.15) is 0 Å². The number of carbonyl (C=O) groups excluding carboxylic acids is 3. The number of aldehydes is 1. The van der Waals surface area contributed by atoms with E-state index in [-0.39, 0.29) is 11.8 Å². The lowest BCUT2D eigenvalue weighted by atomic mass is 10.1. The van der Waals surface area contributed by atoms with Gasteiger partial charge < -0.3 is 14.5 Å². The van der Waals surface area contributed by atoms with Crippen molar-refractivity contribution in [2.75, 3.05) is 26.2 Å². The molecule has 7 heteroatoms. The van der Waals surface area contributed by atoms with Crippen LogP contribution in [0.4, 0.5) is 0 Å². The number of piperazine rings is 1. The Morgan fingerprint density at radius 2 is 1.52 bits per heavy atom. The quantitative estimate of drug-likeness (QED) is 0.555. The molecule has 158 valence electrons. The van der Waals surface area contributed by atoms with Crippen LogP contribution in [0.5, 0.6) is 5.75 Å². The molecule has 0 unspecified atom stereocenters. The molecule has 2 amide bonds. The maximum absolute atomic E-state index is 12.8. The summed E-state index contributed by atoms with van der Waals surface area (Å²) in [6, 6.07) is 18.0. The van der Waals surface area contributed by atoms with Crippen molar-refractivity contribution < 1.29 is 19.1 Å². The Bertz CT molecular complexity index is 1040. The van der Waals surface area contributed by atoms with Crippen molar-refractivity contribution in [3.05, 3.63) is 87.6 Å². The lowest BCUT2D eigenvalue weighted by molar-refractivity contribution is 0.0538. The predicted octanol–water partition coefficient (Wildman–Crippen LogP) is 3.74. The van der Waals surface area contributed by atoms with Gasteiger partial charge in [-0.05, 0) is 53.4 Å². The Morgan fingerprint density at radius 1 is 0.871 bits per heavy atom. The number of amides is 2. The van der Waals surface area contributed by atoms with Crippen LogP contribution in [-0.4, -0.2) is 54.1 Å². The summed E-state index contributed by atoms with van der Waals surface area (Å²) in [5.74, 6) is 0.688. The fourth-order valence-electron chi connectivity index (χ4n) is 3.40. The topological polar surface area (TPSA) is 66.9 Å². The molecule has 31 heavy (non-hydrogen) atoms. The van der Waals surface area contributed by atoms with Crippen molar-refractivity contribution in [2.24, 2.45) is 0 Å².